The first-order valence-corrected chi connectivity index (χ1v) is 8.42. The van der Waals surface area contributed by atoms with E-state index < -0.39 is 29.3 Å². The van der Waals surface area contributed by atoms with Crippen molar-refractivity contribution < 1.29 is 23.0 Å². The second-order valence-corrected chi connectivity index (χ2v) is 6.13. The topological polar surface area (TPSA) is 98.2 Å². The summed E-state index contributed by atoms with van der Waals surface area (Å²) in [6.07, 6.45) is 0. The van der Waals surface area contributed by atoms with Crippen molar-refractivity contribution in [3.8, 4) is 29.3 Å². The minimum absolute atomic E-state index is 0.0210. The van der Waals surface area contributed by atoms with Crippen molar-refractivity contribution in [1.29, 1.82) is 5.26 Å². The van der Waals surface area contributed by atoms with E-state index in [9.17, 15) is 13.6 Å². The number of pyridine rings is 1. The molecule has 0 radical (unpaired) electrons. The second kappa shape index (κ2) is 7.94. The summed E-state index contributed by atoms with van der Waals surface area (Å²) < 4.78 is 39.9. The molecule has 0 spiro atoms. The van der Waals surface area contributed by atoms with E-state index in [1.165, 1.54) is 25.1 Å². The number of ether oxygens (including phenoxy) is 2. The average molecular weight is 395 g/mol. The molecule has 0 saturated heterocycles. The van der Waals surface area contributed by atoms with Crippen molar-refractivity contribution in [2.24, 2.45) is 5.73 Å². The van der Waals surface area contributed by atoms with Gasteiger partial charge in [-0.1, -0.05) is 18.2 Å². The molecule has 0 atom stereocenters. The molecule has 0 aliphatic heterocycles. The van der Waals surface area contributed by atoms with E-state index in [-0.39, 0.29) is 22.6 Å². The normalized spacial score (nSPS) is 10.3. The summed E-state index contributed by atoms with van der Waals surface area (Å²) in [5, 5.41) is 8.96. The Kier molecular flexibility index (Phi) is 5.41. The third kappa shape index (κ3) is 3.99. The smallest absolute Gasteiger partial charge is 0.259 e. The van der Waals surface area contributed by atoms with Crippen LogP contribution in [0.4, 0.5) is 8.78 Å². The Morgan fingerprint density at radius 2 is 1.72 bits per heavy atom. The number of nitrogens with zero attached hydrogens (tertiary/aromatic N) is 2. The molecular weight excluding hydrogens is 380 g/mol. The van der Waals surface area contributed by atoms with E-state index in [0.29, 0.717) is 11.1 Å². The lowest BCUT2D eigenvalue weighted by Crippen LogP contribution is -2.14. The molecule has 3 aromatic rings. The number of aromatic nitrogens is 1. The fourth-order valence-corrected chi connectivity index (χ4v) is 2.63. The fraction of sp³-hybridized carbons (Fsp3) is 0.0952. The predicted molar refractivity (Wildman–Crippen MR) is 99.9 cm³/mol. The number of hydrogen-bond acceptors (Lipinski definition) is 5. The number of primary amides is 1. The van der Waals surface area contributed by atoms with Crippen LogP contribution in [0.1, 0.15) is 27.0 Å². The number of carbonyl (C=O) groups excluding carboxylic acids is 1. The number of halogens is 2. The summed E-state index contributed by atoms with van der Waals surface area (Å²) in [7, 11) is 0. The lowest BCUT2D eigenvalue weighted by molar-refractivity contribution is 0.0997. The Bertz CT molecular complexity index is 1160. The van der Waals surface area contributed by atoms with Crippen molar-refractivity contribution in [2.45, 2.75) is 13.8 Å². The number of amides is 1. The van der Waals surface area contributed by atoms with E-state index in [0.717, 1.165) is 0 Å². The number of carbonyl (C=O) groups is 1. The zero-order valence-electron chi connectivity index (χ0n) is 15.5. The minimum atomic E-state index is -1.04. The number of rotatable bonds is 5. The number of nitrogens with two attached hydrogens (primary N) is 1. The van der Waals surface area contributed by atoms with E-state index in [1.54, 1.807) is 31.2 Å². The molecule has 146 valence electrons. The van der Waals surface area contributed by atoms with Crippen molar-refractivity contribution in [1.82, 2.24) is 4.98 Å². The summed E-state index contributed by atoms with van der Waals surface area (Å²) in [5.41, 5.74) is 5.87. The van der Waals surface area contributed by atoms with Crippen LogP contribution in [0.15, 0.2) is 42.5 Å². The van der Waals surface area contributed by atoms with Gasteiger partial charge in [-0.15, -0.1) is 0 Å². The van der Waals surface area contributed by atoms with Crippen LogP contribution in [-0.2, 0) is 0 Å². The maximum Gasteiger partial charge on any atom is 0.259 e. The molecular formula is C21H15F2N3O3. The van der Waals surface area contributed by atoms with E-state index >= 15 is 0 Å². The third-order valence-corrected chi connectivity index (χ3v) is 4.10. The monoisotopic (exact) mass is 395 g/mol. The summed E-state index contributed by atoms with van der Waals surface area (Å²) in [4.78, 5) is 15.5. The van der Waals surface area contributed by atoms with Gasteiger partial charge in [0.2, 0.25) is 0 Å². The summed E-state index contributed by atoms with van der Waals surface area (Å²) in [6.45, 7) is 2.84. The van der Waals surface area contributed by atoms with Gasteiger partial charge in [-0.25, -0.2) is 8.78 Å². The summed E-state index contributed by atoms with van der Waals surface area (Å²) >= 11 is 0. The van der Waals surface area contributed by atoms with Gasteiger partial charge in [0.25, 0.3) is 17.7 Å². The Morgan fingerprint density at radius 1 is 1.07 bits per heavy atom. The maximum atomic E-state index is 14.6. The largest absolute Gasteiger partial charge is 0.436 e. The van der Waals surface area contributed by atoms with Crippen LogP contribution in [-0.4, -0.2) is 10.9 Å². The van der Waals surface area contributed by atoms with Crippen LogP contribution < -0.4 is 15.2 Å². The number of aryl methyl sites for hydroxylation is 1. The molecule has 29 heavy (non-hydrogen) atoms. The molecule has 0 bridgehead atoms. The second-order valence-electron chi connectivity index (χ2n) is 6.13. The van der Waals surface area contributed by atoms with Crippen LogP contribution in [0.5, 0.6) is 23.3 Å². The summed E-state index contributed by atoms with van der Waals surface area (Å²) in [6, 6.07) is 12.6. The fourth-order valence-electron chi connectivity index (χ4n) is 2.63. The molecule has 1 amide bonds. The molecule has 2 N–H and O–H groups in total. The lowest BCUT2D eigenvalue weighted by atomic mass is 10.1. The SMILES string of the molecule is Cc1cccc(Oc2nc(Oc3cccc(C#N)c3)c(F)c(C)c2F)c1C(N)=O. The Labute approximate surface area is 165 Å². The highest BCUT2D eigenvalue weighted by Crippen LogP contribution is 2.34. The molecule has 0 fully saturated rings. The third-order valence-electron chi connectivity index (χ3n) is 4.10. The first-order valence-electron chi connectivity index (χ1n) is 8.42. The van der Waals surface area contributed by atoms with Gasteiger partial charge in [0, 0.05) is 5.56 Å². The van der Waals surface area contributed by atoms with Crippen LogP contribution in [0.3, 0.4) is 0 Å². The minimum Gasteiger partial charge on any atom is -0.436 e. The standard InChI is InChI=1S/C21H15F2N3O3/c1-11-5-3-8-15(16(11)19(25)27)29-21-18(23)12(2)17(22)20(26-21)28-14-7-4-6-13(9-14)10-24/h3-9H,1-2H3,(H2,25,27). The van der Waals surface area contributed by atoms with E-state index in [1.807, 2.05) is 6.07 Å². The number of hydrogen-bond donors (Lipinski definition) is 1. The predicted octanol–water partition coefficient (Wildman–Crippen LogP) is 4.53. The summed E-state index contributed by atoms with van der Waals surface area (Å²) in [5.74, 6) is -3.82. The van der Waals surface area contributed by atoms with Gasteiger partial charge in [0.05, 0.1) is 17.2 Å². The molecule has 0 aliphatic carbocycles. The lowest BCUT2D eigenvalue weighted by Gasteiger charge is -2.14. The highest BCUT2D eigenvalue weighted by molar-refractivity contribution is 5.97. The van der Waals surface area contributed by atoms with Gasteiger partial charge in [0.1, 0.15) is 11.5 Å². The van der Waals surface area contributed by atoms with Crippen molar-refractivity contribution >= 4 is 5.91 Å². The van der Waals surface area contributed by atoms with Gasteiger partial charge >= 0.3 is 0 Å². The average Bonchev–Trinajstić information content (AvgIpc) is 2.70. The van der Waals surface area contributed by atoms with E-state index in [2.05, 4.69) is 4.98 Å². The van der Waals surface area contributed by atoms with Crippen LogP contribution >= 0.6 is 0 Å². The first kappa shape index (κ1) is 19.8. The highest BCUT2D eigenvalue weighted by atomic mass is 19.1. The molecule has 0 aliphatic rings. The van der Waals surface area contributed by atoms with E-state index in [4.69, 9.17) is 20.5 Å². The molecule has 6 nitrogen and oxygen atoms in total. The maximum absolute atomic E-state index is 14.6. The molecule has 0 saturated carbocycles. The molecule has 2 aromatic carbocycles. The zero-order valence-corrected chi connectivity index (χ0v) is 15.5. The molecule has 1 aromatic heterocycles. The van der Waals surface area contributed by atoms with Crippen molar-refractivity contribution in [3.05, 3.63) is 76.4 Å². The van der Waals surface area contributed by atoms with Crippen LogP contribution in [0.2, 0.25) is 0 Å². The van der Waals surface area contributed by atoms with Crippen LogP contribution in [0, 0.1) is 36.8 Å². The Balaban J connectivity index is 2.04. The quantitative estimate of drug-likeness (QED) is 0.684. The molecule has 1 heterocycles. The zero-order chi connectivity index (χ0) is 21.1. The Hall–Kier alpha value is -3.99. The van der Waals surface area contributed by atoms with Gasteiger partial charge in [-0.2, -0.15) is 10.2 Å². The van der Waals surface area contributed by atoms with Gasteiger partial charge in [-0.3, -0.25) is 4.79 Å². The van der Waals surface area contributed by atoms with Crippen molar-refractivity contribution in [3.63, 3.8) is 0 Å². The van der Waals surface area contributed by atoms with Crippen molar-refractivity contribution in [2.75, 3.05) is 0 Å². The number of nitriles is 1. The number of benzene rings is 2. The van der Waals surface area contributed by atoms with Gasteiger partial charge in [-0.05, 0) is 43.7 Å². The highest BCUT2D eigenvalue weighted by Gasteiger charge is 2.22. The molecule has 3 rings (SSSR count). The van der Waals surface area contributed by atoms with Gasteiger partial charge < -0.3 is 15.2 Å². The van der Waals surface area contributed by atoms with Crippen LogP contribution in [0.25, 0.3) is 0 Å². The van der Waals surface area contributed by atoms with Gasteiger partial charge in [0.15, 0.2) is 11.6 Å². The Morgan fingerprint density at radius 3 is 2.38 bits per heavy atom. The molecule has 8 heteroatoms. The first-order chi connectivity index (χ1) is 13.8. The molecule has 0 unspecified atom stereocenters.